The maximum Gasteiger partial charge on any atom is 0.229 e. The Hall–Kier alpha value is -2.35. The summed E-state index contributed by atoms with van der Waals surface area (Å²) in [7, 11) is 1.89. The highest BCUT2D eigenvalue weighted by Crippen LogP contribution is 2.29. The van der Waals surface area contributed by atoms with Gasteiger partial charge in [-0.05, 0) is 17.7 Å². The zero-order valence-electron chi connectivity index (χ0n) is 14.8. The Balaban J connectivity index is 0.00000131. The lowest BCUT2D eigenvalue weighted by atomic mass is 9.90. The number of anilines is 1. The van der Waals surface area contributed by atoms with Gasteiger partial charge in [-0.15, -0.1) is 24.8 Å². The van der Waals surface area contributed by atoms with Crippen LogP contribution in [0.15, 0.2) is 55.4 Å². The van der Waals surface area contributed by atoms with E-state index < -0.39 is 0 Å². The Morgan fingerprint density at radius 2 is 2.07 bits per heavy atom. The first-order valence-electron chi connectivity index (χ1n) is 8.30. The van der Waals surface area contributed by atoms with Crippen molar-refractivity contribution >= 4 is 36.4 Å². The summed E-state index contributed by atoms with van der Waals surface area (Å²) in [6, 6.07) is 7.74. The smallest absolute Gasteiger partial charge is 0.229 e. The number of para-hydroxylation sites is 2. The molecule has 0 bridgehead atoms. The standard InChI is InChI=1S/C18H20N6O.2ClH/c1-23-11-13(8-21-23)14-9-20-10-15(14)18(25)22-16-4-2-3-5-17(16)24-7-6-19-12-24;;/h2-8,11-12,14-15,20H,9-10H2,1H3,(H,22,25);2*1H/t14-,15+;;/m1../s1. The average molecular weight is 409 g/mol. The molecule has 144 valence electrons. The third kappa shape index (κ3) is 4.32. The van der Waals surface area contributed by atoms with Crippen molar-refractivity contribution in [3.8, 4) is 5.69 Å². The Labute approximate surface area is 170 Å². The molecule has 3 heterocycles. The summed E-state index contributed by atoms with van der Waals surface area (Å²) in [6.45, 7) is 1.45. The van der Waals surface area contributed by atoms with Crippen LogP contribution in [0, 0.1) is 5.92 Å². The van der Waals surface area contributed by atoms with Crippen molar-refractivity contribution in [3.63, 3.8) is 0 Å². The third-order valence-electron chi connectivity index (χ3n) is 4.65. The topological polar surface area (TPSA) is 76.8 Å². The lowest BCUT2D eigenvalue weighted by Gasteiger charge is -2.18. The van der Waals surface area contributed by atoms with E-state index in [9.17, 15) is 4.79 Å². The SMILES string of the molecule is Cl.Cl.Cn1cc([C@H]2CNC[C@@H]2C(=O)Nc2ccccc2-n2ccnc2)cn1. The van der Waals surface area contributed by atoms with Crippen LogP contribution >= 0.6 is 24.8 Å². The molecule has 0 saturated carbocycles. The Morgan fingerprint density at radius 3 is 2.78 bits per heavy atom. The van der Waals surface area contributed by atoms with Crippen molar-refractivity contribution in [1.29, 1.82) is 0 Å². The zero-order valence-corrected chi connectivity index (χ0v) is 16.4. The van der Waals surface area contributed by atoms with E-state index >= 15 is 0 Å². The minimum Gasteiger partial charge on any atom is -0.324 e. The van der Waals surface area contributed by atoms with E-state index in [0.29, 0.717) is 6.54 Å². The highest BCUT2D eigenvalue weighted by molar-refractivity contribution is 5.95. The molecule has 0 radical (unpaired) electrons. The number of benzene rings is 1. The summed E-state index contributed by atoms with van der Waals surface area (Å²) in [5.41, 5.74) is 2.77. The number of nitrogens with one attached hydrogen (secondary N) is 2. The summed E-state index contributed by atoms with van der Waals surface area (Å²) in [5.74, 6) is 0.0283. The summed E-state index contributed by atoms with van der Waals surface area (Å²) < 4.78 is 3.66. The molecule has 0 spiro atoms. The molecule has 1 fully saturated rings. The van der Waals surface area contributed by atoms with Gasteiger partial charge < -0.3 is 15.2 Å². The molecule has 1 aliphatic rings. The number of rotatable bonds is 4. The fraction of sp³-hybridized carbons (Fsp3) is 0.278. The molecule has 0 unspecified atom stereocenters. The largest absolute Gasteiger partial charge is 0.324 e. The number of hydrogen-bond donors (Lipinski definition) is 2. The predicted molar refractivity (Wildman–Crippen MR) is 109 cm³/mol. The molecule has 2 atom stereocenters. The fourth-order valence-electron chi connectivity index (χ4n) is 3.37. The molecule has 1 aromatic carbocycles. The van der Waals surface area contributed by atoms with Gasteiger partial charge in [0.25, 0.3) is 0 Å². The minimum atomic E-state index is -0.125. The van der Waals surface area contributed by atoms with Crippen LogP contribution in [-0.2, 0) is 11.8 Å². The number of carbonyl (C=O) groups excluding carboxylic acids is 1. The molecule has 1 saturated heterocycles. The van der Waals surface area contributed by atoms with E-state index in [1.54, 1.807) is 17.2 Å². The van der Waals surface area contributed by atoms with Gasteiger partial charge in [0.05, 0.1) is 29.8 Å². The van der Waals surface area contributed by atoms with Gasteiger partial charge in [-0.3, -0.25) is 9.48 Å². The first-order valence-corrected chi connectivity index (χ1v) is 8.30. The molecule has 1 aliphatic heterocycles. The minimum absolute atomic E-state index is 0. The van der Waals surface area contributed by atoms with Gasteiger partial charge in [-0.25, -0.2) is 4.98 Å². The van der Waals surface area contributed by atoms with E-state index in [1.165, 1.54) is 0 Å². The van der Waals surface area contributed by atoms with Crippen LogP contribution < -0.4 is 10.6 Å². The van der Waals surface area contributed by atoms with Crippen LogP contribution in [0.4, 0.5) is 5.69 Å². The van der Waals surface area contributed by atoms with Gasteiger partial charge in [0.15, 0.2) is 0 Å². The second kappa shape index (κ2) is 9.03. The van der Waals surface area contributed by atoms with Crippen molar-refractivity contribution in [2.75, 3.05) is 18.4 Å². The van der Waals surface area contributed by atoms with Gasteiger partial charge in [-0.2, -0.15) is 5.10 Å². The van der Waals surface area contributed by atoms with Gasteiger partial charge in [0.1, 0.15) is 0 Å². The summed E-state index contributed by atoms with van der Waals surface area (Å²) in [4.78, 5) is 17.0. The molecule has 9 heteroatoms. The fourth-order valence-corrected chi connectivity index (χ4v) is 3.37. The Bertz CT molecular complexity index is 880. The van der Waals surface area contributed by atoms with Crippen LogP contribution in [0.1, 0.15) is 11.5 Å². The van der Waals surface area contributed by atoms with E-state index in [1.807, 2.05) is 54.5 Å². The van der Waals surface area contributed by atoms with E-state index in [2.05, 4.69) is 20.7 Å². The predicted octanol–water partition coefficient (Wildman–Crippen LogP) is 2.39. The van der Waals surface area contributed by atoms with E-state index in [-0.39, 0.29) is 42.6 Å². The molecular weight excluding hydrogens is 387 g/mol. The van der Waals surface area contributed by atoms with Crippen LogP contribution in [0.2, 0.25) is 0 Å². The van der Waals surface area contributed by atoms with Gasteiger partial charge >= 0.3 is 0 Å². The monoisotopic (exact) mass is 408 g/mol. The number of aryl methyl sites for hydroxylation is 1. The molecule has 0 aliphatic carbocycles. The highest BCUT2D eigenvalue weighted by atomic mass is 35.5. The van der Waals surface area contributed by atoms with Gasteiger partial charge in [-0.1, -0.05) is 12.1 Å². The first-order chi connectivity index (χ1) is 12.2. The number of nitrogens with zero attached hydrogens (tertiary/aromatic N) is 4. The number of imidazole rings is 1. The Kier molecular flexibility index (Phi) is 7.01. The van der Waals surface area contributed by atoms with Crippen LogP contribution in [0.3, 0.4) is 0 Å². The van der Waals surface area contributed by atoms with Crippen LogP contribution in [0.5, 0.6) is 0 Å². The quantitative estimate of drug-likeness (QED) is 0.694. The van der Waals surface area contributed by atoms with Crippen molar-refractivity contribution in [3.05, 3.63) is 60.9 Å². The second-order valence-electron chi connectivity index (χ2n) is 6.29. The molecule has 7 nitrogen and oxygen atoms in total. The summed E-state index contributed by atoms with van der Waals surface area (Å²) in [5, 5.41) is 10.7. The molecule has 4 rings (SSSR count). The third-order valence-corrected chi connectivity index (χ3v) is 4.65. The number of carbonyl (C=O) groups is 1. The first kappa shape index (κ1) is 21.0. The maximum absolute atomic E-state index is 12.9. The summed E-state index contributed by atoms with van der Waals surface area (Å²) in [6.07, 6.45) is 9.13. The number of hydrogen-bond acceptors (Lipinski definition) is 4. The van der Waals surface area contributed by atoms with E-state index in [4.69, 9.17) is 0 Å². The lowest BCUT2D eigenvalue weighted by Crippen LogP contribution is -2.28. The summed E-state index contributed by atoms with van der Waals surface area (Å²) >= 11 is 0. The lowest BCUT2D eigenvalue weighted by molar-refractivity contribution is -0.119. The average Bonchev–Trinajstić information content (AvgIpc) is 3.36. The van der Waals surface area contributed by atoms with E-state index in [0.717, 1.165) is 23.5 Å². The van der Waals surface area contributed by atoms with Gasteiger partial charge in [0, 0.05) is 44.6 Å². The Morgan fingerprint density at radius 1 is 1.26 bits per heavy atom. The molecular formula is C18H22Cl2N6O. The normalized spacial score (nSPS) is 18.4. The molecule has 3 aromatic rings. The van der Waals surface area contributed by atoms with Gasteiger partial charge in [0.2, 0.25) is 5.91 Å². The van der Waals surface area contributed by atoms with Crippen molar-refractivity contribution in [2.24, 2.45) is 13.0 Å². The number of aromatic nitrogens is 4. The molecule has 2 aromatic heterocycles. The van der Waals surface area contributed by atoms with Crippen LogP contribution in [-0.4, -0.2) is 38.3 Å². The van der Waals surface area contributed by atoms with Crippen LogP contribution in [0.25, 0.3) is 5.69 Å². The van der Waals surface area contributed by atoms with Crippen molar-refractivity contribution in [1.82, 2.24) is 24.6 Å². The zero-order chi connectivity index (χ0) is 17.2. The van der Waals surface area contributed by atoms with Crippen molar-refractivity contribution in [2.45, 2.75) is 5.92 Å². The second-order valence-corrected chi connectivity index (χ2v) is 6.29. The molecule has 27 heavy (non-hydrogen) atoms. The maximum atomic E-state index is 12.9. The highest BCUT2D eigenvalue weighted by Gasteiger charge is 2.34. The van der Waals surface area contributed by atoms with Crippen molar-refractivity contribution < 1.29 is 4.79 Å². The molecule has 1 amide bonds. The number of amides is 1. The number of halogens is 2. The molecule has 2 N–H and O–H groups in total.